The van der Waals surface area contributed by atoms with Crippen LogP contribution in [-0.4, -0.2) is 37.6 Å². The van der Waals surface area contributed by atoms with E-state index in [1.165, 1.54) is 14.2 Å². The number of hydrogen-bond donors (Lipinski definition) is 1. The van der Waals surface area contributed by atoms with Crippen molar-refractivity contribution in [1.29, 1.82) is 0 Å². The van der Waals surface area contributed by atoms with E-state index in [9.17, 15) is 9.59 Å². The maximum atomic E-state index is 13.0. The summed E-state index contributed by atoms with van der Waals surface area (Å²) in [5, 5.41) is 3.98. The zero-order valence-electron chi connectivity index (χ0n) is 17.3. The van der Waals surface area contributed by atoms with Gasteiger partial charge in [-0.25, -0.2) is 5.06 Å². The number of nitrogens with zero attached hydrogens (tertiary/aromatic N) is 1. The Morgan fingerprint density at radius 2 is 1.83 bits per heavy atom. The van der Waals surface area contributed by atoms with Crippen molar-refractivity contribution < 1.29 is 19.2 Å². The van der Waals surface area contributed by atoms with Crippen LogP contribution in [0.1, 0.15) is 46.9 Å². The van der Waals surface area contributed by atoms with Crippen LogP contribution in [0.4, 0.5) is 0 Å². The summed E-state index contributed by atoms with van der Waals surface area (Å²) < 4.78 is 5.66. The summed E-state index contributed by atoms with van der Waals surface area (Å²) in [7, 11) is 2.93. The van der Waals surface area contributed by atoms with Gasteiger partial charge in [-0.1, -0.05) is 68.5 Å². The van der Waals surface area contributed by atoms with E-state index in [1.807, 2.05) is 62.4 Å². The minimum Gasteiger partial charge on any atom is -0.373 e. The van der Waals surface area contributed by atoms with Crippen molar-refractivity contribution in [3.8, 4) is 0 Å². The summed E-state index contributed by atoms with van der Waals surface area (Å²) >= 11 is 0. The lowest BCUT2D eigenvalue weighted by Gasteiger charge is -2.25. The molecule has 0 radical (unpaired) electrons. The molecule has 0 spiro atoms. The second-order valence-electron chi connectivity index (χ2n) is 6.13. The summed E-state index contributed by atoms with van der Waals surface area (Å²) in [4.78, 5) is 30.9. The van der Waals surface area contributed by atoms with E-state index in [0.29, 0.717) is 24.3 Å². The third-order valence-electron chi connectivity index (χ3n) is 4.44. The fourth-order valence-corrected chi connectivity index (χ4v) is 2.96. The van der Waals surface area contributed by atoms with E-state index in [4.69, 9.17) is 9.57 Å². The summed E-state index contributed by atoms with van der Waals surface area (Å²) in [6.45, 7) is 4.72. The van der Waals surface area contributed by atoms with E-state index in [1.54, 1.807) is 12.1 Å². The highest BCUT2D eigenvalue weighted by Gasteiger charge is 2.28. The van der Waals surface area contributed by atoms with Gasteiger partial charge in [-0.15, -0.1) is 0 Å². The quantitative estimate of drug-likeness (QED) is 0.785. The number of carbonyl (C=O) groups is 2. The smallest absolute Gasteiger partial charge is 0.273 e. The van der Waals surface area contributed by atoms with E-state index in [2.05, 4.69) is 5.32 Å². The number of fused-ring (bicyclic) bond motifs is 2. The van der Waals surface area contributed by atoms with Gasteiger partial charge in [-0.05, 0) is 22.8 Å². The molecule has 2 amide bonds. The van der Waals surface area contributed by atoms with Crippen molar-refractivity contribution in [1.82, 2.24) is 10.4 Å². The average Bonchev–Trinajstić information content (AvgIpc) is 2.77. The number of ether oxygens (including phenoxy) is 1. The van der Waals surface area contributed by atoms with Gasteiger partial charge in [0.15, 0.2) is 0 Å². The summed E-state index contributed by atoms with van der Waals surface area (Å²) in [6, 6.07) is 13.8. The standard InChI is InChI=1S/C21H22N2O4.C2H6/c1-23(26-2)21(25)19-17-11-5-3-8-15(17)10-7-13-27-14-16-9-4-6-12-18(16)20(24)22-19;1-2/h3-12,19H,13-14H2,1-2H3,(H,22,24);1-2H3/b10-7+;. The highest BCUT2D eigenvalue weighted by atomic mass is 16.7. The Bertz CT molecular complexity index is 863. The zero-order chi connectivity index (χ0) is 21.2. The first-order chi connectivity index (χ1) is 14.1. The molecule has 0 aromatic heterocycles. The molecule has 0 bridgehead atoms. The molecule has 0 saturated carbocycles. The summed E-state index contributed by atoms with van der Waals surface area (Å²) in [5.41, 5.74) is 2.77. The molecule has 1 aliphatic rings. The Morgan fingerprint density at radius 1 is 1.14 bits per heavy atom. The van der Waals surface area contributed by atoms with Crippen LogP contribution < -0.4 is 5.32 Å². The normalized spacial score (nSPS) is 17.1. The monoisotopic (exact) mass is 396 g/mol. The third kappa shape index (κ3) is 5.53. The molecule has 1 N–H and O–H groups in total. The molecular weight excluding hydrogens is 368 g/mol. The number of likely N-dealkylation sites (N-methyl/N-ethyl adjacent to an activating group) is 1. The topological polar surface area (TPSA) is 67.9 Å². The van der Waals surface area contributed by atoms with Gasteiger partial charge in [0, 0.05) is 12.6 Å². The van der Waals surface area contributed by atoms with Crippen LogP contribution in [0.15, 0.2) is 54.6 Å². The Morgan fingerprint density at radius 3 is 2.59 bits per heavy atom. The van der Waals surface area contributed by atoms with Crippen LogP contribution in [-0.2, 0) is 21.0 Å². The molecule has 6 heteroatoms. The van der Waals surface area contributed by atoms with Crippen molar-refractivity contribution in [3.63, 3.8) is 0 Å². The number of hydroxylamine groups is 2. The van der Waals surface area contributed by atoms with Crippen molar-refractivity contribution in [3.05, 3.63) is 76.9 Å². The molecule has 0 aliphatic carbocycles. The van der Waals surface area contributed by atoms with Crippen molar-refractivity contribution in [2.75, 3.05) is 20.8 Å². The third-order valence-corrected chi connectivity index (χ3v) is 4.44. The Balaban J connectivity index is 0.00000145. The van der Waals surface area contributed by atoms with E-state index < -0.39 is 6.04 Å². The predicted molar refractivity (Wildman–Crippen MR) is 113 cm³/mol. The van der Waals surface area contributed by atoms with Gasteiger partial charge in [-0.3, -0.25) is 14.4 Å². The number of hydrogen-bond acceptors (Lipinski definition) is 4. The lowest BCUT2D eigenvalue weighted by Crippen LogP contribution is -2.41. The molecule has 1 unspecified atom stereocenters. The number of nitrogens with one attached hydrogen (secondary N) is 1. The largest absolute Gasteiger partial charge is 0.373 e. The van der Waals surface area contributed by atoms with Gasteiger partial charge in [0.2, 0.25) is 0 Å². The first-order valence-corrected chi connectivity index (χ1v) is 9.65. The number of carbonyl (C=O) groups excluding carboxylic acids is 2. The van der Waals surface area contributed by atoms with Gasteiger partial charge in [0.05, 0.1) is 20.3 Å². The van der Waals surface area contributed by atoms with E-state index in [-0.39, 0.29) is 11.8 Å². The van der Waals surface area contributed by atoms with Crippen molar-refractivity contribution in [2.45, 2.75) is 26.5 Å². The fraction of sp³-hybridized carbons (Fsp3) is 0.304. The van der Waals surface area contributed by atoms with Crippen LogP contribution in [0.2, 0.25) is 0 Å². The molecule has 3 rings (SSSR count). The molecule has 0 saturated heterocycles. The first kappa shape index (κ1) is 22.3. The second kappa shape index (κ2) is 11.1. The van der Waals surface area contributed by atoms with Crippen molar-refractivity contribution >= 4 is 17.9 Å². The second-order valence-corrected chi connectivity index (χ2v) is 6.13. The van der Waals surface area contributed by atoms with Gasteiger partial charge < -0.3 is 10.1 Å². The number of rotatable bonds is 2. The maximum absolute atomic E-state index is 13.0. The Hall–Kier alpha value is -2.96. The Labute approximate surface area is 172 Å². The maximum Gasteiger partial charge on any atom is 0.273 e. The molecule has 6 nitrogen and oxygen atoms in total. The lowest BCUT2D eigenvalue weighted by atomic mass is 9.98. The highest BCUT2D eigenvalue weighted by Crippen LogP contribution is 2.23. The molecule has 154 valence electrons. The number of amides is 2. The lowest BCUT2D eigenvalue weighted by molar-refractivity contribution is -0.171. The Kier molecular flexibility index (Phi) is 8.58. The molecule has 0 fully saturated rings. The van der Waals surface area contributed by atoms with Crippen LogP contribution in [0.25, 0.3) is 6.08 Å². The van der Waals surface area contributed by atoms with Crippen LogP contribution in [0, 0.1) is 0 Å². The van der Waals surface area contributed by atoms with Gasteiger partial charge in [0.1, 0.15) is 6.04 Å². The molecule has 2 aromatic carbocycles. The highest BCUT2D eigenvalue weighted by molar-refractivity contribution is 5.99. The minimum atomic E-state index is -0.878. The van der Waals surface area contributed by atoms with Crippen LogP contribution in [0.3, 0.4) is 0 Å². The first-order valence-electron chi connectivity index (χ1n) is 9.65. The summed E-state index contributed by atoms with van der Waals surface area (Å²) in [6.07, 6.45) is 3.79. The number of benzene rings is 2. The SMILES string of the molecule is CC.CON(C)C(=O)C1NC(=O)c2ccccc2COC/C=C/c2ccccc21. The van der Waals surface area contributed by atoms with Gasteiger partial charge in [-0.2, -0.15) is 0 Å². The van der Waals surface area contributed by atoms with Crippen molar-refractivity contribution in [2.24, 2.45) is 0 Å². The minimum absolute atomic E-state index is 0.312. The van der Waals surface area contributed by atoms with Gasteiger partial charge in [0.25, 0.3) is 11.8 Å². The fourth-order valence-electron chi connectivity index (χ4n) is 2.96. The molecule has 1 aliphatic heterocycles. The molecule has 29 heavy (non-hydrogen) atoms. The average molecular weight is 396 g/mol. The predicted octanol–water partition coefficient (Wildman–Crippen LogP) is 3.75. The molecule has 1 atom stereocenters. The zero-order valence-corrected chi connectivity index (χ0v) is 17.3. The summed E-state index contributed by atoms with van der Waals surface area (Å²) in [5.74, 6) is -0.700. The van der Waals surface area contributed by atoms with E-state index in [0.717, 1.165) is 16.2 Å². The van der Waals surface area contributed by atoms with Gasteiger partial charge >= 0.3 is 0 Å². The van der Waals surface area contributed by atoms with Crippen LogP contribution >= 0.6 is 0 Å². The van der Waals surface area contributed by atoms with E-state index >= 15 is 0 Å². The molecule has 1 heterocycles. The molecular formula is C23H28N2O4. The molecule has 2 aromatic rings. The van der Waals surface area contributed by atoms with Crippen LogP contribution in [0.5, 0.6) is 0 Å².